The average molecular weight is 416 g/mol. The zero-order chi connectivity index (χ0) is 21.1. The summed E-state index contributed by atoms with van der Waals surface area (Å²) in [5.74, 6) is -0.130. The molecule has 0 aliphatic heterocycles. The van der Waals surface area contributed by atoms with Crippen LogP contribution in [0.25, 0.3) is 0 Å². The minimum absolute atomic E-state index is 0.130. The van der Waals surface area contributed by atoms with Gasteiger partial charge in [-0.3, -0.25) is 13.9 Å². The maximum atomic E-state index is 11.7. The summed E-state index contributed by atoms with van der Waals surface area (Å²) in [7, 11) is -3.61. The molecule has 0 spiro atoms. The quantitative estimate of drug-likeness (QED) is 0.116. The smallest absolute Gasteiger partial charge is 0.332 e. The van der Waals surface area contributed by atoms with Gasteiger partial charge in [-0.2, -0.15) is 0 Å². The second-order valence-corrected chi connectivity index (χ2v) is 9.93. The fraction of sp³-hybridized carbons (Fsp3) is 0.773. The first-order valence-corrected chi connectivity index (χ1v) is 12.6. The number of hydrogen-bond donors (Lipinski definition) is 2. The van der Waals surface area contributed by atoms with E-state index in [-0.39, 0.29) is 12.6 Å². The van der Waals surface area contributed by atoms with Gasteiger partial charge < -0.3 is 10.2 Å². The molecule has 1 atom stereocenters. The molecule has 0 aromatic carbocycles. The summed E-state index contributed by atoms with van der Waals surface area (Å²) in [6.45, 7) is 5.26. The normalized spacial score (nSPS) is 14.2. The van der Waals surface area contributed by atoms with Gasteiger partial charge in [0.15, 0.2) is 0 Å². The molecule has 0 saturated carbocycles. The molecule has 0 heterocycles. The maximum Gasteiger partial charge on any atom is 0.332 e. The van der Waals surface area contributed by atoms with Gasteiger partial charge in [0.25, 0.3) is 0 Å². The van der Waals surface area contributed by atoms with Gasteiger partial charge in [0.05, 0.1) is 5.66 Å². The number of amides is 1. The molecule has 0 bridgehead atoms. The number of rotatable bonds is 18. The van der Waals surface area contributed by atoms with Crippen LogP contribution in [-0.2, 0) is 13.9 Å². The monoisotopic (exact) mass is 415 g/mol. The number of allylic oxidation sites excluding steroid dienone is 4. The summed E-state index contributed by atoms with van der Waals surface area (Å²) in [4.78, 5) is 21.2. The van der Waals surface area contributed by atoms with Gasteiger partial charge in [0.2, 0.25) is 5.91 Å². The van der Waals surface area contributed by atoms with E-state index in [1.165, 1.54) is 38.5 Å². The van der Waals surface area contributed by atoms with Crippen molar-refractivity contribution < 1.29 is 18.8 Å². The topological polar surface area (TPSA) is 75.6 Å². The Bertz CT molecular complexity index is 489. The van der Waals surface area contributed by atoms with Gasteiger partial charge in [-0.1, -0.05) is 77.2 Å². The molecule has 0 aromatic rings. The van der Waals surface area contributed by atoms with E-state index >= 15 is 0 Å². The lowest BCUT2D eigenvalue weighted by Gasteiger charge is -2.15. The van der Waals surface area contributed by atoms with E-state index in [0.29, 0.717) is 6.42 Å². The molecular weight excluding hydrogens is 373 g/mol. The molecule has 2 N–H and O–H groups in total. The lowest BCUT2D eigenvalue weighted by atomic mass is 10.1. The standard InChI is InChI=1S/C22H42NO4P/c1-4-5-6-7-8-9-10-11-12-13-14-15-16-17-18-19-22(24)23-20-27-28(25,26)21(2)3/h8-9,11-12,21H,4-7,10,13-20H2,1-3H3,(H,23,24)(H,25,26)/b9-8+,12-11+. The number of unbranched alkanes of at least 4 members (excludes halogenated alkanes) is 8. The van der Waals surface area contributed by atoms with Crippen molar-refractivity contribution in [3.8, 4) is 0 Å². The first kappa shape index (κ1) is 27.1. The van der Waals surface area contributed by atoms with Crippen LogP contribution in [0.3, 0.4) is 0 Å². The van der Waals surface area contributed by atoms with Gasteiger partial charge >= 0.3 is 7.60 Å². The Labute approximate surface area is 172 Å². The lowest BCUT2D eigenvalue weighted by molar-refractivity contribution is -0.122. The third-order valence-corrected chi connectivity index (χ3v) is 6.33. The predicted octanol–water partition coefficient (Wildman–Crippen LogP) is 6.48. The summed E-state index contributed by atoms with van der Waals surface area (Å²) in [5, 5.41) is 2.54. The molecule has 5 nitrogen and oxygen atoms in total. The third-order valence-electron chi connectivity index (χ3n) is 4.53. The Morgan fingerprint density at radius 2 is 1.54 bits per heavy atom. The Morgan fingerprint density at radius 3 is 2.14 bits per heavy atom. The highest BCUT2D eigenvalue weighted by Crippen LogP contribution is 2.46. The van der Waals surface area contributed by atoms with Crippen molar-refractivity contribution in [2.24, 2.45) is 0 Å². The van der Waals surface area contributed by atoms with Crippen molar-refractivity contribution in [1.29, 1.82) is 0 Å². The summed E-state index contributed by atoms with van der Waals surface area (Å²) in [6.07, 6.45) is 22.1. The van der Waals surface area contributed by atoms with Gasteiger partial charge in [-0.25, -0.2) is 0 Å². The highest BCUT2D eigenvalue weighted by Gasteiger charge is 2.24. The minimum atomic E-state index is -3.61. The molecule has 0 rings (SSSR count). The molecule has 1 unspecified atom stereocenters. The van der Waals surface area contributed by atoms with Crippen LogP contribution in [0.1, 0.15) is 97.8 Å². The van der Waals surface area contributed by atoms with E-state index in [2.05, 4.69) is 36.5 Å². The van der Waals surface area contributed by atoms with Gasteiger partial charge in [-0.05, 0) is 38.5 Å². The molecule has 0 fully saturated rings. The highest BCUT2D eigenvalue weighted by atomic mass is 31.2. The van der Waals surface area contributed by atoms with E-state index in [1.54, 1.807) is 13.8 Å². The van der Waals surface area contributed by atoms with Crippen LogP contribution in [0.5, 0.6) is 0 Å². The van der Waals surface area contributed by atoms with E-state index in [9.17, 15) is 14.3 Å². The summed E-state index contributed by atoms with van der Waals surface area (Å²) < 4.78 is 16.4. The van der Waals surface area contributed by atoms with Crippen molar-refractivity contribution in [2.45, 2.75) is 103 Å². The van der Waals surface area contributed by atoms with Crippen molar-refractivity contribution in [3.63, 3.8) is 0 Å². The fourth-order valence-corrected chi connectivity index (χ4v) is 3.09. The molecule has 0 radical (unpaired) electrons. The van der Waals surface area contributed by atoms with Crippen LogP contribution in [-0.4, -0.2) is 23.2 Å². The Balaban J connectivity index is 3.44. The Hall–Kier alpha value is -0.900. The SMILES string of the molecule is CCCCC/C=C/C/C=C/CCCCCCCC(=O)NCOP(=O)(O)C(C)C. The van der Waals surface area contributed by atoms with Crippen LogP contribution in [0, 0.1) is 0 Å². The van der Waals surface area contributed by atoms with Crippen molar-refractivity contribution in [2.75, 3.05) is 6.73 Å². The first-order valence-electron chi connectivity index (χ1n) is 10.9. The van der Waals surface area contributed by atoms with Crippen molar-refractivity contribution >= 4 is 13.5 Å². The van der Waals surface area contributed by atoms with E-state index in [4.69, 9.17) is 4.52 Å². The number of carbonyl (C=O) groups excluding carboxylic acids is 1. The largest absolute Gasteiger partial charge is 0.333 e. The van der Waals surface area contributed by atoms with Crippen molar-refractivity contribution in [3.05, 3.63) is 24.3 Å². The second-order valence-electron chi connectivity index (χ2n) is 7.51. The molecule has 1 amide bonds. The summed E-state index contributed by atoms with van der Waals surface area (Å²) >= 11 is 0. The Morgan fingerprint density at radius 1 is 0.964 bits per heavy atom. The molecule has 0 aromatic heterocycles. The van der Waals surface area contributed by atoms with Gasteiger partial charge in [0.1, 0.15) is 6.73 Å². The van der Waals surface area contributed by atoms with Crippen LogP contribution >= 0.6 is 7.60 Å². The van der Waals surface area contributed by atoms with E-state index < -0.39 is 13.3 Å². The van der Waals surface area contributed by atoms with Gasteiger partial charge in [-0.15, -0.1) is 0 Å². The van der Waals surface area contributed by atoms with Crippen LogP contribution in [0.4, 0.5) is 0 Å². The molecule has 28 heavy (non-hydrogen) atoms. The highest BCUT2D eigenvalue weighted by molar-refractivity contribution is 7.53. The lowest BCUT2D eigenvalue weighted by Crippen LogP contribution is -2.25. The minimum Gasteiger partial charge on any atom is -0.333 e. The zero-order valence-electron chi connectivity index (χ0n) is 18.2. The second kappa shape index (κ2) is 18.1. The molecular formula is C22H42NO4P. The predicted molar refractivity (Wildman–Crippen MR) is 118 cm³/mol. The van der Waals surface area contributed by atoms with E-state index in [0.717, 1.165) is 32.1 Å². The zero-order valence-corrected chi connectivity index (χ0v) is 19.1. The van der Waals surface area contributed by atoms with E-state index in [1.807, 2.05) is 0 Å². The number of carbonyl (C=O) groups is 1. The van der Waals surface area contributed by atoms with Gasteiger partial charge in [0, 0.05) is 6.42 Å². The summed E-state index contributed by atoms with van der Waals surface area (Å²) in [6, 6.07) is 0. The molecule has 0 aliphatic rings. The van der Waals surface area contributed by atoms with Crippen LogP contribution in [0.15, 0.2) is 24.3 Å². The maximum absolute atomic E-state index is 11.7. The summed E-state index contributed by atoms with van der Waals surface area (Å²) in [5.41, 5.74) is -0.466. The number of hydrogen-bond acceptors (Lipinski definition) is 3. The first-order chi connectivity index (χ1) is 13.4. The fourth-order valence-electron chi connectivity index (χ4n) is 2.54. The van der Waals surface area contributed by atoms with Crippen LogP contribution in [0.2, 0.25) is 0 Å². The molecule has 0 saturated heterocycles. The average Bonchev–Trinajstić information content (AvgIpc) is 2.64. The number of nitrogens with one attached hydrogen (secondary N) is 1. The molecule has 6 heteroatoms. The Kier molecular flexibility index (Phi) is 17.6. The molecule has 164 valence electrons. The third kappa shape index (κ3) is 17.2. The molecule has 0 aliphatic carbocycles. The van der Waals surface area contributed by atoms with Crippen molar-refractivity contribution in [1.82, 2.24) is 5.32 Å². The van der Waals surface area contributed by atoms with Crippen LogP contribution < -0.4 is 5.32 Å².